The van der Waals surface area contributed by atoms with Crippen LogP contribution in [0.15, 0.2) is 39.9 Å². The van der Waals surface area contributed by atoms with Crippen LogP contribution in [0.2, 0.25) is 0 Å². The number of rotatable bonds is 6. The molecule has 0 radical (unpaired) electrons. The van der Waals surface area contributed by atoms with Gasteiger partial charge in [0.2, 0.25) is 0 Å². The molecule has 140 valence electrons. The lowest BCUT2D eigenvalue weighted by molar-refractivity contribution is -0.394. The SMILES string of the molecule is COc1cc(/C=N\NC(=O)c2cc([N+](=O)[O-])cc([N+](=O)[O-])c2)cc(Br)c1O. The number of nitro groups is 2. The number of benzene rings is 2. The van der Waals surface area contributed by atoms with Crippen molar-refractivity contribution in [1.29, 1.82) is 0 Å². The molecule has 0 heterocycles. The number of phenolic OH excluding ortho intramolecular Hbond substituents is 1. The highest BCUT2D eigenvalue weighted by atomic mass is 79.9. The molecule has 0 aliphatic rings. The number of nitrogens with zero attached hydrogens (tertiary/aromatic N) is 3. The number of nitro benzene ring substituents is 2. The van der Waals surface area contributed by atoms with Gasteiger partial charge in [-0.15, -0.1) is 0 Å². The molecular formula is C15H11BrN4O7. The molecule has 0 bridgehead atoms. The Labute approximate surface area is 159 Å². The molecule has 0 aliphatic carbocycles. The van der Waals surface area contributed by atoms with E-state index in [0.29, 0.717) is 10.0 Å². The lowest BCUT2D eigenvalue weighted by atomic mass is 10.1. The van der Waals surface area contributed by atoms with Gasteiger partial charge in [0.25, 0.3) is 17.3 Å². The normalized spacial score (nSPS) is 10.6. The number of hydrogen-bond acceptors (Lipinski definition) is 8. The van der Waals surface area contributed by atoms with Gasteiger partial charge in [-0.05, 0) is 33.6 Å². The van der Waals surface area contributed by atoms with Gasteiger partial charge in [-0.25, -0.2) is 5.43 Å². The van der Waals surface area contributed by atoms with Gasteiger partial charge in [0.1, 0.15) is 0 Å². The van der Waals surface area contributed by atoms with Gasteiger partial charge in [0, 0.05) is 12.1 Å². The quantitative estimate of drug-likeness (QED) is 0.398. The van der Waals surface area contributed by atoms with Crippen LogP contribution in [0.1, 0.15) is 15.9 Å². The monoisotopic (exact) mass is 438 g/mol. The molecule has 0 saturated carbocycles. The first-order valence-electron chi connectivity index (χ1n) is 7.06. The maximum atomic E-state index is 12.1. The number of aromatic hydroxyl groups is 1. The molecule has 2 aromatic carbocycles. The molecule has 2 aromatic rings. The molecule has 27 heavy (non-hydrogen) atoms. The number of carbonyl (C=O) groups is 1. The molecule has 0 spiro atoms. The second-order valence-corrected chi connectivity index (χ2v) is 5.86. The maximum Gasteiger partial charge on any atom is 0.277 e. The van der Waals surface area contributed by atoms with Gasteiger partial charge in [-0.2, -0.15) is 5.10 Å². The summed E-state index contributed by atoms with van der Waals surface area (Å²) in [5.41, 5.74) is 1.10. The van der Waals surface area contributed by atoms with Crippen molar-refractivity contribution in [3.8, 4) is 11.5 Å². The van der Waals surface area contributed by atoms with E-state index in [2.05, 4.69) is 26.5 Å². The van der Waals surface area contributed by atoms with Crippen molar-refractivity contribution in [3.05, 3.63) is 66.2 Å². The number of methoxy groups -OCH3 is 1. The molecule has 0 unspecified atom stereocenters. The molecule has 0 atom stereocenters. The number of amides is 1. The number of hydrogen-bond donors (Lipinski definition) is 2. The van der Waals surface area contributed by atoms with E-state index in [0.717, 1.165) is 18.2 Å². The largest absolute Gasteiger partial charge is 0.503 e. The van der Waals surface area contributed by atoms with Crippen molar-refractivity contribution in [2.75, 3.05) is 7.11 Å². The van der Waals surface area contributed by atoms with Crippen LogP contribution in [0.4, 0.5) is 11.4 Å². The van der Waals surface area contributed by atoms with E-state index in [9.17, 15) is 30.1 Å². The van der Waals surface area contributed by atoms with Gasteiger partial charge in [0.05, 0.1) is 39.3 Å². The Morgan fingerprint density at radius 1 is 1.19 bits per heavy atom. The van der Waals surface area contributed by atoms with Crippen LogP contribution in [-0.4, -0.2) is 34.2 Å². The Bertz CT molecular complexity index is 929. The fraction of sp³-hybridized carbons (Fsp3) is 0.0667. The van der Waals surface area contributed by atoms with Gasteiger partial charge in [0.15, 0.2) is 11.5 Å². The molecule has 2 N–H and O–H groups in total. The van der Waals surface area contributed by atoms with Crippen LogP contribution in [0.3, 0.4) is 0 Å². The third-order valence-electron chi connectivity index (χ3n) is 3.24. The molecule has 11 nitrogen and oxygen atoms in total. The second-order valence-electron chi connectivity index (χ2n) is 5.01. The Balaban J connectivity index is 2.23. The lowest BCUT2D eigenvalue weighted by Gasteiger charge is -2.06. The van der Waals surface area contributed by atoms with Gasteiger partial charge >= 0.3 is 0 Å². The number of carbonyl (C=O) groups excluding carboxylic acids is 1. The summed E-state index contributed by atoms with van der Waals surface area (Å²) in [6, 6.07) is 5.51. The summed E-state index contributed by atoms with van der Waals surface area (Å²) in [5.74, 6) is -0.808. The Morgan fingerprint density at radius 3 is 2.30 bits per heavy atom. The summed E-state index contributed by atoms with van der Waals surface area (Å²) >= 11 is 3.13. The topological polar surface area (TPSA) is 157 Å². The van der Waals surface area contributed by atoms with Crippen molar-refractivity contribution in [3.63, 3.8) is 0 Å². The molecule has 0 saturated heterocycles. The highest BCUT2D eigenvalue weighted by Gasteiger charge is 2.19. The fourth-order valence-electron chi connectivity index (χ4n) is 1.99. The zero-order valence-electron chi connectivity index (χ0n) is 13.6. The minimum Gasteiger partial charge on any atom is -0.503 e. The van der Waals surface area contributed by atoms with Crippen LogP contribution in [-0.2, 0) is 0 Å². The fourth-order valence-corrected chi connectivity index (χ4v) is 2.45. The lowest BCUT2D eigenvalue weighted by Crippen LogP contribution is -2.18. The summed E-state index contributed by atoms with van der Waals surface area (Å²) in [7, 11) is 1.36. The predicted octanol–water partition coefficient (Wildman–Crippen LogP) is 2.74. The third-order valence-corrected chi connectivity index (χ3v) is 3.84. The Hall–Kier alpha value is -3.54. The maximum absolute atomic E-state index is 12.1. The van der Waals surface area contributed by atoms with Crippen molar-refractivity contribution in [2.24, 2.45) is 5.10 Å². The van der Waals surface area contributed by atoms with E-state index < -0.39 is 27.1 Å². The first-order valence-corrected chi connectivity index (χ1v) is 7.86. The van der Waals surface area contributed by atoms with Crippen LogP contribution < -0.4 is 10.2 Å². The summed E-state index contributed by atoms with van der Waals surface area (Å²) < 4.78 is 5.31. The Morgan fingerprint density at radius 2 is 1.78 bits per heavy atom. The zero-order chi connectivity index (χ0) is 20.1. The number of halogens is 1. The zero-order valence-corrected chi connectivity index (χ0v) is 15.2. The average Bonchev–Trinajstić information content (AvgIpc) is 2.63. The van der Waals surface area contributed by atoms with Crippen LogP contribution >= 0.6 is 15.9 Å². The molecule has 1 amide bonds. The predicted molar refractivity (Wildman–Crippen MR) is 97.2 cm³/mol. The first kappa shape index (κ1) is 19.8. The van der Waals surface area contributed by atoms with E-state index in [4.69, 9.17) is 4.74 Å². The van der Waals surface area contributed by atoms with Crippen molar-refractivity contribution >= 4 is 39.4 Å². The van der Waals surface area contributed by atoms with Crippen LogP contribution in [0.5, 0.6) is 11.5 Å². The highest BCUT2D eigenvalue weighted by Crippen LogP contribution is 2.34. The molecule has 0 aromatic heterocycles. The average molecular weight is 439 g/mol. The number of non-ortho nitro benzene ring substituents is 2. The number of nitrogens with one attached hydrogen (secondary N) is 1. The molecule has 2 rings (SSSR count). The van der Waals surface area contributed by atoms with Crippen LogP contribution in [0.25, 0.3) is 0 Å². The van der Waals surface area contributed by atoms with Crippen molar-refractivity contribution in [1.82, 2.24) is 5.43 Å². The van der Waals surface area contributed by atoms with E-state index in [1.54, 1.807) is 0 Å². The van der Waals surface area contributed by atoms with E-state index >= 15 is 0 Å². The minimum absolute atomic E-state index is 0.109. The molecular weight excluding hydrogens is 428 g/mol. The smallest absolute Gasteiger partial charge is 0.277 e. The summed E-state index contributed by atoms with van der Waals surface area (Å²) in [6.07, 6.45) is 1.23. The minimum atomic E-state index is -0.872. The van der Waals surface area contributed by atoms with Gasteiger partial charge in [-0.1, -0.05) is 0 Å². The van der Waals surface area contributed by atoms with E-state index in [-0.39, 0.29) is 17.1 Å². The highest BCUT2D eigenvalue weighted by molar-refractivity contribution is 9.10. The summed E-state index contributed by atoms with van der Waals surface area (Å²) in [5, 5.41) is 35.1. The van der Waals surface area contributed by atoms with Crippen LogP contribution in [0, 0.1) is 20.2 Å². The summed E-state index contributed by atoms with van der Waals surface area (Å²) in [6.45, 7) is 0. The molecule has 0 aliphatic heterocycles. The molecule has 12 heteroatoms. The third kappa shape index (κ3) is 4.76. The summed E-state index contributed by atoms with van der Waals surface area (Å²) in [4.78, 5) is 32.1. The van der Waals surface area contributed by atoms with Gasteiger partial charge < -0.3 is 9.84 Å². The number of hydrazone groups is 1. The number of phenols is 1. The van der Waals surface area contributed by atoms with Crippen molar-refractivity contribution in [2.45, 2.75) is 0 Å². The first-order chi connectivity index (χ1) is 12.7. The van der Waals surface area contributed by atoms with Crippen molar-refractivity contribution < 1.29 is 24.5 Å². The van der Waals surface area contributed by atoms with Gasteiger partial charge in [-0.3, -0.25) is 25.0 Å². The second kappa shape index (κ2) is 8.23. The molecule has 0 fully saturated rings. The number of ether oxygens (including phenoxy) is 1. The van der Waals surface area contributed by atoms with E-state index in [1.807, 2.05) is 0 Å². The standard InChI is InChI=1S/C15H11BrN4O7/c1-27-13-3-8(2-12(16)14(13)21)7-17-18-15(22)9-4-10(19(23)24)6-11(5-9)20(25)26/h2-7,21H,1H3,(H,18,22)/b17-7-. The van der Waals surface area contributed by atoms with E-state index in [1.165, 1.54) is 25.5 Å². The Kier molecular flexibility index (Phi) is 6.03.